The average Bonchev–Trinajstić information content (AvgIpc) is 2.85. The molecule has 3 nitrogen and oxygen atoms in total. The lowest BCUT2D eigenvalue weighted by Crippen LogP contribution is -1.89. The van der Waals surface area contributed by atoms with Crippen LogP contribution in [0.15, 0.2) is 27.9 Å². The summed E-state index contributed by atoms with van der Waals surface area (Å²) in [6.45, 7) is 0. The van der Waals surface area contributed by atoms with Gasteiger partial charge in [0.1, 0.15) is 0 Å². The maximum absolute atomic E-state index is 11.1. The van der Waals surface area contributed by atoms with E-state index in [1.807, 2.05) is 11.8 Å². The predicted molar refractivity (Wildman–Crippen MR) is 70.3 cm³/mol. The van der Waals surface area contributed by atoms with Gasteiger partial charge in [-0.2, -0.15) is 0 Å². The summed E-state index contributed by atoms with van der Waals surface area (Å²) in [6.07, 6.45) is 1.73. The monoisotopic (exact) mass is 265 g/mol. The largest absolute Gasteiger partial charge is 0.494 e. The fourth-order valence-corrected chi connectivity index (χ4v) is 3.82. The minimum absolute atomic E-state index is 0.00914. The van der Waals surface area contributed by atoms with Gasteiger partial charge in [0.15, 0.2) is 0 Å². The van der Waals surface area contributed by atoms with E-state index in [-0.39, 0.29) is 10.8 Å². The molecule has 88 valence electrons. The first kappa shape index (κ1) is 10.9. The molecule has 1 aromatic carbocycles. The fourth-order valence-electron chi connectivity index (χ4n) is 2.01. The van der Waals surface area contributed by atoms with Crippen molar-refractivity contribution >= 4 is 23.1 Å². The molecular formula is C12H11NO2S2. The Morgan fingerprint density at radius 3 is 3.06 bits per heavy atom. The van der Waals surface area contributed by atoms with Crippen LogP contribution in [0.2, 0.25) is 0 Å². The quantitative estimate of drug-likeness (QED) is 0.876. The van der Waals surface area contributed by atoms with Crippen LogP contribution in [0.1, 0.15) is 16.0 Å². The number of thioether (sulfide) groups is 1. The third kappa shape index (κ3) is 2.12. The number of hydrogen-bond acceptors (Lipinski definition) is 4. The molecule has 0 unspecified atom stereocenters. The first-order valence-corrected chi connectivity index (χ1v) is 7.18. The zero-order valence-electron chi connectivity index (χ0n) is 9.03. The Kier molecular flexibility index (Phi) is 2.72. The van der Waals surface area contributed by atoms with Crippen LogP contribution in [-0.2, 0) is 12.8 Å². The van der Waals surface area contributed by atoms with Gasteiger partial charge in [0.25, 0.3) is 0 Å². The Bertz CT molecular complexity index is 615. The molecular weight excluding hydrogens is 254 g/mol. The second kappa shape index (κ2) is 4.23. The summed E-state index contributed by atoms with van der Waals surface area (Å²) in [6, 6.07) is 6.38. The fraction of sp³-hybridized carbons (Fsp3) is 0.250. The molecule has 2 aromatic rings. The van der Waals surface area contributed by atoms with Crippen LogP contribution in [-0.4, -0.2) is 15.8 Å². The highest BCUT2D eigenvalue weighted by Crippen LogP contribution is 2.32. The summed E-state index contributed by atoms with van der Waals surface area (Å²) in [5.74, 6) is 1.16. The van der Waals surface area contributed by atoms with Gasteiger partial charge >= 0.3 is 4.87 Å². The molecule has 5 heteroatoms. The predicted octanol–water partition coefficient (Wildman–Crippen LogP) is 2.38. The lowest BCUT2D eigenvalue weighted by Gasteiger charge is -2.03. The van der Waals surface area contributed by atoms with E-state index in [0.717, 1.165) is 29.1 Å². The Hall–Kier alpha value is -1.20. The van der Waals surface area contributed by atoms with Crippen molar-refractivity contribution in [1.29, 1.82) is 0 Å². The lowest BCUT2D eigenvalue weighted by molar-refractivity contribution is 0.451. The number of benzene rings is 1. The maximum atomic E-state index is 11.1. The Morgan fingerprint density at radius 1 is 1.41 bits per heavy atom. The number of aryl methyl sites for hydroxylation is 1. The van der Waals surface area contributed by atoms with Crippen molar-refractivity contribution in [3.05, 3.63) is 43.9 Å². The van der Waals surface area contributed by atoms with Crippen molar-refractivity contribution < 1.29 is 5.11 Å². The molecule has 0 spiro atoms. The van der Waals surface area contributed by atoms with Crippen molar-refractivity contribution in [1.82, 2.24) is 4.98 Å². The number of thiazole rings is 1. The second-order valence-corrected chi connectivity index (χ2v) is 6.21. The molecule has 0 aliphatic carbocycles. The molecule has 0 bridgehead atoms. The summed E-state index contributed by atoms with van der Waals surface area (Å²) in [5, 5.41) is 9.54. The molecule has 1 aliphatic rings. The van der Waals surface area contributed by atoms with E-state index in [1.165, 1.54) is 10.5 Å². The van der Waals surface area contributed by atoms with E-state index < -0.39 is 0 Å². The first-order valence-electron chi connectivity index (χ1n) is 5.38. The van der Waals surface area contributed by atoms with Crippen LogP contribution in [0.4, 0.5) is 0 Å². The Labute approximate surface area is 107 Å². The number of hydrogen-bond donors (Lipinski definition) is 2. The third-order valence-corrected chi connectivity index (χ3v) is 4.81. The highest BCUT2D eigenvalue weighted by molar-refractivity contribution is 7.99. The highest BCUT2D eigenvalue weighted by atomic mass is 32.2. The van der Waals surface area contributed by atoms with Crippen LogP contribution in [0.25, 0.3) is 0 Å². The lowest BCUT2D eigenvalue weighted by atomic mass is 10.1. The first-order chi connectivity index (χ1) is 8.22. The molecule has 1 aromatic heterocycles. The molecule has 0 saturated carbocycles. The van der Waals surface area contributed by atoms with E-state index in [4.69, 9.17) is 0 Å². The number of nitrogens with one attached hydrogen (secondary N) is 1. The van der Waals surface area contributed by atoms with E-state index in [9.17, 15) is 9.90 Å². The maximum Gasteiger partial charge on any atom is 0.307 e. The normalized spacial score (nSPS) is 13.9. The third-order valence-electron chi connectivity index (χ3n) is 2.82. The van der Waals surface area contributed by atoms with Gasteiger partial charge in [0.2, 0.25) is 5.88 Å². The van der Waals surface area contributed by atoms with Gasteiger partial charge in [-0.05, 0) is 23.6 Å². The van der Waals surface area contributed by atoms with Gasteiger partial charge in [-0.3, -0.25) is 9.78 Å². The van der Waals surface area contributed by atoms with E-state index in [0.29, 0.717) is 11.3 Å². The van der Waals surface area contributed by atoms with Gasteiger partial charge < -0.3 is 5.11 Å². The van der Waals surface area contributed by atoms with Crippen LogP contribution in [0.5, 0.6) is 5.88 Å². The minimum atomic E-state index is -0.200. The van der Waals surface area contributed by atoms with E-state index in [2.05, 4.69) is 23.2 Å². The molecule has 0 atom stereocenters. The number of rotatable bonds is 2. The topological polar surface area (TPSA) is 53.1 Å². The molecule has 0 fully saturated rings. The summed E-state index contributed by atoms with van der Waals surface area (Å²) < 4.78 is 0. The summed E-state index contributed by atoms with van der Waals surface area (Å²) >= 11 is 2.96. The molecule has 0 saturated heterocycles. The molecule has 0 amide bonds. The highest BCUT2D eigenvalue weighted by Gasteiger charge is 2.13. The number of aromatic nitrogens is 1. The van der Waals surface area contributed by atoms with Gasteiger partial charge in [0.05, 0.1) is 4.88 Å². The van der Waals surface area contributed by atoms with Crippen molar-refractivity contribution in [2.24, 2.45) is 0 Å². The van der Waals surface area contributed by atoms with Crippen molar-refractivity contribution in [3.8, 4) is 5.88 Å². The van der Waals surface area contributed by atoms with Gasteiger partial charge in [-0.25, -0.2) is 0 Å². The number of fused-ring (bicyclic) bond motifs is 1. The van der Waals surface area contributed by atoms with Gasteiger partial charge in [-0.1, -0.05) is 23.5 Å². The summed E-state index contributed by atoms with van der Waals surface area (Å²) in [4.78, 5) is 15.4. The van der Waals surface area contributed by atoms with Crippen LogP contribution < -0.4 is 4.87 Å². The van der Waals surface area contributed by atoms with Gasteiger partial charge in [-0.15, -0.1) is 11.8 Å². The molecule has 1 aliphatic heterocycles. The number of aromatic amines is 1. The molecule has 2 heterocycles. The van der Waals surface area contributed by atoms with Crippen molar-refractivity contribution in [2.75, 3.05) is 5.75 Å². The molecule has 2 N–H and O–H groups in total. The van der Waals surface area contributed by atoms with Crippen LogP contribution in [0.3, 0.4) is 0 Å². The standard InChI is InChI=1S/C12H11NO2S2/c14-11-10(17-12(15)13-11)6-7-1-2-9-8(5-7)3-4-16-9/h1-2,5,14H,3-4,6H2,(H,13,15). The average molecular weight is 265 g/mol. The number of aromatic hydroxyl groups is 1. The Balaban J connectivity index is 1.91. The zero-order chi connectivity index (χ0) is 11.8. The van der Waals surface area contributed by atoms with Crippen LogP contribution >= 0.6 is 23.1 Å². The molecule has 0 radical (unpaired) electrons. The second-order valence-electron chi connectivity index (χ2n) is 4.00. The smallest absolute Gasteiger partial charge is 0.307 e. The summed E-state index contributed by atoms with van der Waals surface area (Å²) in [5.41, 5.74) is 2.53. The van der Waals surface area contributed by atoms with Crippen LogP contribution in [0, 0.1) is 0 Å². The molecule has 3 rings (SSSR count). The van der Waals surface area contributed by atoms with E-state index in [1.54, 1.807) is 0 Å². The summed E-state index contributed by atoms with van der Waals surface area (Å²) in [7, 11) is 0. The number of H-pyrrole nitrogens is 1. The Morgan fingerprint density at radius 2 is 2.29 bits per heavy atom. The van der Waals surface area contributed by atoms with Gasteiger partial charge in [0, 0.05) is 17.1 Å². The van der Waals surface area contributed by atoms with Crippen molar-refractivity contribution in [3.63, 3.8) is 0 Å². The molecule has 17 heavy (non-hydrogen) atoms. The van der Waals surface area contributed by atoms with E-state index >= 15 is 0 Å². The van der Waals surface area contributed by atoms with Crippen molar-refractivity contribution in [2.45, 2.75) is 17.7 Å². The zero-order valence-corrected chi connectivity index (χ0v) is 10.7. The SMILES string of the molecule is O=c1[nH]c(O)c(Cc2ccc3c(c2)CCS3)s1. The minimum Gasteiger partial charge on any atom is -0.494 e.